The van der Waals surface area contributed by atoms with Crippen LogP contribution in [-0.2, 0) is 9.59 Å². The van der Waals surface area contributed by atoms with Gasteiger partial charge in [0.25, 0.3) is 0 Å². The molecule has 2 N–H and O–H groups in total. The number of carbonyl (C=O) groups excluding carboxylic acids is 2. The maximum Gasteiger partial charge on any atom is 0.238 e. The number of anilines is 1. The minimum Gasteiger partial charge on any atom is -0.339 e. The van der Waals surface area contributed by atoms with E-state index in [-0.39, 0.29) is 37.3 Å². The van der Waals surface area contributed by atoms with Crippen molar-refractivity contribution in [2.24, 2.45) is 0 Å². The van der Waals surface area contributed by atoms with Gasteiger partial charge in [0.05, 0.1) is 13.1 Å². The summed E-state index contributed by atoms with van der Waals surface area (Å²) in [4.78, 5) is 27.8. The molecule has 0 saturated carbocycles. The van der Waals surface area contributed by atoms with E-state index in [0.717, 1.165) is 37.4 Å². The Hall–Kier alpha value is -1.63. The van der Waals surface area contributed by atoms with E-state index in [0.29, 0.717) is 0 Å². The average molecular weight is 341 g/mol. The number of halogens is 1. The Bertz CT molecular complexity index is 533. The zero-order valence-electron chi connectivity index (χ0n) is 13.7. The van der Waals surface area contributed by atoms with Crippen molar-refractivity contribution in [1.82, 2.24) is 15.1 Å². The fourth-order valence-corrected chi connectivity index (χ4v) is 2.45. The molecular weight excluding hydrogens is 316 g/mol. The molecule has 1 saturated heterocycles. The van der Waals surface area contributed by atoms with E-state index in [9.17, 15) is 9.59 Å². The third-order valence-corrected chi connectivity index (χ3v) is 3.71. The zero-order chi connectivity index (χ0) is 15.9. The van der Waals surface area contributed by atoms with Crippen LogP contribution in [0.4, 0.5) is 5.69 Å². The molecule has 2 amide bonds. The predicted octanol–water partition coefficient (Wildman–Crippen LogP) is 0.719. The first-order valence-corrected chi connectivity index (χ1v) is 7.59. The molecule has 1 aromatic carbocycles. The SMILES string of the molecule is Cc1ccccc1NC(=O)CN(C)CC(=O)N1CCNCC1.Cl. The third-order valence-electron chi connectivity index (χ3n) is 3.71. The van der Waals surface area contributed by atoms with Crippen LogP contribution in [0.25, 0.3) is 0 Å². The summed E-state index contributed by atoms with van der Waals surface area (Å²) in [6, 6.07) is 7.65. The van der Waals surface area contributed by atoms with E-state index in [1.807, 2.05) is 36.1 Å². The van der Waals surface area contributed by atoms with E-state index in [2.05, 4.69) is 10.6 Å². The highest BCUT2D eigenvalue weighted by atomic mass is 35.5. The van der Waals surface area contributed by atoms with Gasteiger partial charge in [0.1, 0.15) is 0 Å². The number of carbonyl (C=O) groups is 2. The van der Waals surface area contributed by atoms with Gasteiger partial charge >= 0.3 is 0 Å². The third kappa shape index (κ3) is 6.17. The average Bonchev–Trinajstić information content (AvgIpc) is 2.50. The van der Waals surface area contributed by atoms with E-state index < -0.39 is 0 Å². The van der Waals surface area contributed by atoms with Crippen molar-refractivity contribution in [1.29, 1.82) is 0 Å². The number of benzene rings is 1. The highest BCUT2D eigenvalue weighted by Gasteiger charge is 2.18. The van der Waals surface area contributed by atoms with Crippen molar-refractivity contribution in [3.8, 4) is 0 Å². The van der Waals surface area contributed by atoms with E-state index in [1.165, 1.54) is 0 Å². The van der Waals surface area contributed by atoms with Crippen molar-refractivity contribution in [2.75, 3.05) is 51.6 Å². The summed E-state index contributed by atoms with van der Waals surface area (Å²) >= 11 is 0. The quantitative estimate of drug-likeness (QED) is 0.829. The summed E-state index contributed by atoms with van der Waals surface area (Å²) in [5.41, 5.74) is 1.84. The second-order valence-electron chi connectivity index (χ2n) is 5.67. The lowest BCUT2D eigenvalue weighted by Gasteiger charge is -2.29. The molecule has 128 valence electrons. The van der Waals surface area contributed by atoms with Gasteiger partial charge in [-0.25, -0.2) is 0 Å². The zero-order valence-corrected chi connectivity index (χ0v) is 14.5. The van der Waals surface area contributed by atoms with Crippen LogP contribution < -0.4 is 10.6 Å². The molecule has 0 atom stereocenters. The van der Waals surface area contributed by atoms with E-state index in [4.69, 9.17) is 0 Å². The van der Waals surface area contributed by atoms with Crippen molar-refractivity contribution >= 4 is 29.9 Å². The van der Waals surface area contributed by atoms with Crippen LogP contribution in [0.1, 0.15) is 5.56 Å². The lowest BCUT2D eigenvalue weighted by atomic mass is 10.2. The maximum absolute atomic E-state index is 12.1. The Morgan fingerprint density at radius 3 is 2.52 bits per heavy atom. The van der Waals surface area contributed by atoms with Crippen LogP contribution in [0.5, 0.6) is 0 Å². The van der Waals surface area contributed by atoms with Gasteiger partial charge in [-0.15, -0.1) is 12.4 Å². The Kier molecular flexibility index (Phi) is 8.02. The number of likely N-dealkylation sites (N-methyl/N-ethyl adjacent to an activating group) is 1. The molecular formula is C16H25ClN4O2. The number of amides is 2. The normalized spacial score (nSPS) is 14.3. The van der Waals surface area contributed by atoms with Crippen LogP contribution in [0.2, 0.25) is 0 Å². The molecule has 1 fully saturated rings. The molecule has 0 aromatic heterocycles. The largest absolute Gasteiger partial charge is 0.339 e. The van der Waals surface area contributed by atoms with Gasteiger partial charge in [-0.3, -0.25) is 14.5 Å². The van der Waals surface area contributed by atoms with E-state index >= 15 is 0 Å². The fourth-order valence-electron chi connectivity index (χ4n) is 2.45. The van der Waals surface area contributed by atoms with Crippen molar-refractivity contribution in [3.05, 3.63) is 29.8 Å². The van der Waals surface area contributed by atoms with Gasteiger partial charge in [0.15, 0.2) is 0 Å². The second kappa shape index (κ2) is 9.50. The number of para-hydroxylation sites is 1. The highest BCUT2D eigenvalue weighted by Crippen LogP contribution is 2.12. The molecule has 0 unspecified atom stereocenters. The molecule has 1 aliphatic heterocycles. The monoisotopic (exact) mass is 340 g/mol. The summed E-state index contributed by atoms with van der Waals surface area (Å²) in [7, 11) is 1.79. The smallest absolute Gasteiger partial charge is 0.238 e. The number of nitrogens with zero attached hydrogens (tertiary/aromatic N) is 2. The molecule has 0 aliphatic carbocycles. The molecule has 1 aromatic rings. The van der Waals surface area contributed by atoms with Crippen LogP contribution in [0.15, 0.2) is 24.3 Å². The number of hydrogen-bond acceptors (Lipinski definition) is 4. The first kappa shape index (κ1) is 19.4. The summed E-state index contributed by atoms with van der Waals surface area (Å²) in [6.45, 7) is 5.57. The van der Waals surface area contributed by atoms with Crippen LogP contribution in [-0.4, -0.2) is 67.9 Å². The Morgan fingerprint density at radius 2 is 1.87 bits per heavy atom. The highest BCUT2D eigenvalue weighted by molar-refractivity contribution is 5.93. The van der Waals surface area contributed by atoms with Crippen molar-refractivity contribution in [3.63, 3.8) is 0 Å². The van der Waals surface area contributed by atoms with Gasteiger partial charge < -0.3 is 15.5 Å². The molecule has 1 aliphatic rings. The Labute approximate surface area is 143 Å². The standard InChI is InChI=1S/C16H24N4O2.ClH/c1-13-5-3-4-6-14(13)18-15(21)11-19(2)12-16(22)20-9-7-17-8-10-20;/h3-6,17H,7-12H2,1-2H3,(H,18,21);1H. The minimum atomic E-state index is -0.107. The number of rotatable bonds is 5. The van der Waals surface area contributed by atoms with Crippen LogP contribution in [0, 0.1) is 6.92 Å². The van der Waals surface area contributed by atoms with Crippen molar-refractivity contribution in [2.45, 2.75) is 6.92 Å². The number of hydrogen-bond donors (Lipinski definition) is 2. The molecule has 1 heterocycles. The van der Waals surface area contributed by atoms with Gasteiger partial charge in [-0.1, -0.05) is 18.2 Å². The number of nitrogens with one attached hydrogen (secondary N) is 2. The van der Waals surface area contributed by atoms with E-state index in [1.54, 1.807) is 11.9 Å². The molecule has 7 heteroatoms. The fraction of sp³-hybridized carbons (Fsp3) is 0.500. The summed E-state index contributed by atoms with van der Waals surface area (Å²) in [6.07, 6.45) is 0. The summed E-state index contributed by atoms with van der Waals surface area (Å²) < 4.78 is 0. The minimum absolute atomic E-state index is 0. The topological polar surface area (TPSA) is 64.7 Å². The van der Waals surface area contributed by atoms with Gasteiger partial charge in [-0.05, 0) is 25.6 Å². The maximum atomic E-state index is 12.1. The Balaban J connectivity index is 0.00000264. The molecule has 23 heavy (non-hydrogen) atoms. The summed E-state index contributed by atoms with van der Waals surface area (Å²) in [5, 5.41) is 6.09. The predicted molar refractivity (Wildman–Crippen MR) is 94.0 cm³/mol. The number of aryl methyl sites for hydroxylation is 1. The molecule has 0 spiro atoms. The van der Waals surface area contributed by atoms with Crippen LogP contribution >= 0.6 is 12.4 Å². The number of piperazine rings is 1. The first-order chi connectivity index (χ1) is 10.6. The summed E-state index contributed by atoms with van der Waals surface area (Å²) in [5.74, 6) is -0.0300. The van der Waals surface area contributed by atoms with Gasteiger partial charge in [-0.2, -0.15) is 0 Å². The Morgan fingerprint density at radius 1 is 1.22 bits per heavy atom. The molecule has 0 radical (unpaired) electrons. The van der Waals surface area contributed by atoms with Gasteiger partial charge in [0, 0.05) is 31.9 Å². The van der Waals surface area contributed by atoms with Gasteiger partial charge in [0.2, 0.25) is 11.8 Å². The molecule has 2 rings (SSSR count). The molecule has 0 bridgehead atoms. The second-order valence-corrected chi connectivity index (χ2v) is 5.67. The lowest BCUT2D eigenvalue weighted by molar-refractivity contribution is -0.133. The van der Waals surface area contributed by atoms with Crippen LogP contribution in [0.3, 0.4) is 0 Å². The van der Waals surface area contributed by atoms with Crippen molar-refractivity contribution < 1.29 is 9.59 Å². The first-order valence-electron chi connectivity index (χ1n) is 7.59. The molecule has 6 nitrogen and oxygen atoms in total. The lowest BCUT2D eigenvalue weighted by Crippen LogP contribution is -2.49.